The summed E-state index contributed by atoms with van der Waals surface area (Å²) in [5.74, 6) is 1.15. The van der Waals surface area contributed by atoms with E-state index in [2.05, 4.69) is 50.4 Å². The van der Waals surface area contributed by atoms with Gasteiger partial charge in [0.25, 0.3) is 0 Å². The molecule has 0 aromatic heterocycles. The quantitative estimate of drug-likeness (QED) is 0.784. The zero-order valence-electron chi connectivity index (χ0n) is 14.4. The van der Waals surface area contributed by atoms with Gasteiger partial charge in [0.05, 0.1) is 5.41 Å². The van der Waals surface area contributed by atoms with Gasteiger partial charge in [-0.15, -0.1) is 12.4 Å². The number of rotatable bonds is 5. The molecule has 1 aromatic rings. The molecule has 1 aliphatic carbocycles. The Morgan fingerprint density at radius 1 is 1.25 bits per heavy atom. The summed E-state index contributed by atoms with van der Waals surface area (Å²) < 4.78 is 1.08. The summed E-state index contributed by atoms with van der Waals surface area (Å²) in [7, 11) is 2.01. The smallest absolute Gasteiger partial charge is 0.233 e. The molecule has 1 amide bonds. The minimum absolute atomic E-state index is 0. The minimum Gasteiger partial charge on any atom is -0.342 e. The lowest BCUT2D eigenvalue weighted by molar-refractivity contribution is -0.142. The van der Waals surface area contributed by atoms with E-state index in [1.54, 1.807) is 0 Å². The molecule has 1 N–H and O–H groups in total. The first-order chi connectivity index (χ1) is 11.2. The summed E-state index contributed by atoms with van der Waals surface area (Å²) in [5.41, 5.74) is 0.965. The molecule has 0 atom stereocenters. The van der Waals surface area contributed by atoms with E-state index in [-0.39, 0.29) is 17.8 Å². The maximum Gasteiger partial charge on any atom is 0.233 e. The number of carbonyl (C=O) groups excluding carboxylic acids is 1. The first kappa shape index (κ1) is 19.7. The van der Waals surface area contributed by atoms with Crippen LogP contribution in [0.5, 0.6) is 0 Å². The number of benzene rings is 1. The highest BCUT2D eigenvalue weighted by atomic mass is 79.9. The highest BCUT2D eigenvalue weighted by Gasteiger charge is 2.47. The average molecular weight is 416 g/mol. The van der Waals surface area contributed by atoms with Crippen molar-refractivity contribution < 1.29 is 4.79 Å². The zero-order chi connectivity index (χ0) is 16.3. The summed E-state index contributed by atoms with van der Waals surface area (Å²) in [6.07, 6.45) is 6.73. The van der Waals surface area contributed by atoms with E-state index in [1.165, 1.54) is 18.4 Å². The van der Waals surface area contributed by atoms with Gasteiger partial charge in [-0.05, 0) is 69.3 Å². The van der Waals surface area contributed by atoms with Crippen LogP contribution >= 0.6 is 28.3 Å². The monoisotopic (exact) mass is 414 g/mol. The second-order valence-electron chi connectivity index (χ2n) is 7.07. The second kappa shape index (κ2) is 8.68. The van der Waals surface area contributed by atoms with Crippen molar-refractivity contribution in [1.82, 2.24) is 10.2 Å². The lowest BCUT2D eigenvalue weighted by atomic mass is 9.63. The maximum absolute atomic E-state index is 13.2. The van der Waals surface area contributed by atoms with Crippen molar-refractivity contribution in [2.45, 2.75) is 43.9 Å². The Bertz CT molecular complexity index is 537. The molecule has 0 bridgehead atoms. The van der Waals surface area contributed by atoms with Crippen molar-refractivity contribution in [1.29, 1.82) is 0 Å². The molecular weight excluding hydrogens is 388 g/mol. The Labute approximate surface area is 160 Å². The molecule has 0 spiro atoms. The Balaban J connectivity index is 0.00000208. The number of amides is 1. The molecule has 1 saturated heterocycles. The number of carbonyl (C=O) groups is 1. The number of halogens is 2. The first-order valence-electron chi connectivity index (χ1n) is 8.86. The van der Waals surface area contributed by atoms with Gasteiger partial charge in [-0.1, -0.05) is 34.5 Å². The van der Waals surface area contributed by atoms with Gasteiger partial charge in [0.2, 0.25) is 5.91 Å². The topological polar surface area (TPSA) is 32.3 Å². The minimum atomic E-state index is -0.238. The van der Waals surface area contributed by atoms with Crippen LogP contribution in [-0.4, -0.2) is 37.5 Å². The van der Waals surface area contributed by atoms with E-state index in [9.17, 15) is 4.79 Å². The molecule has 3 rings (SSSR count). The fourth-order valence-electron chi connectivity index (χ4n) is 4.00. The van der Waals surface area contributed by atoms with Gasteiger partial charge in [-0.3, -0.25) is 4.79 Å². The lowest BCUT2D eigenvalue weighted by Gasteiger charge is -2.45. The molecule has 2 fully saturated rings. The van der Waals surface area contributed by atoms with E-state index in [4.69, 9.17) is 0 Å². The largest absolute Gasteiger partial charge is 0.342 e. The van der Waals surface area contributed by atoms with Gasteiger partial charge in [0, 0.05) is 17.6 Å². The Morgan fingerprint density at radius 3 is 2.38 bits per heavy atom. The number of nitrogens with one attached hydrogen (secondary N) is 1. The van der Waals surface area contributed by atoms with Crippen LogP contribution in [0.4, 0.5) is 0 Å². The van der Waals surface area contributed by atoms with Gasteiger partial charge < -0.3 is 10.2 Å². The van der Waals surface area contributed by atoms with Crippen LogP contribution in [0.3, 0.4) is 0 Å². The van der Waals surface area contributed by atoms with Crippen LogP contribution in [0, 0.1) is 5.92 Å². The molecule has 3 nitrogen and oxygen atoms in total. The van der Waals surface area contributed by atoms with Crippen molar-refractivity contribution in [3.8, 4) is 0 Å². The molecule has 134 valence electrons. The molecule has 24 heavy (non-hydrogen) atoms. The Morgan fingerprint density at radius 2 is 1.88 bits per heavy atom. The molecule has 5 heteroatoms. The van der Waals surface area contributed by atoms with Crippen molar-refractivity contribution in [3.63, 3.8) is 0 Å². The Hall–Kier alpha value is -0.580. The fourth-order valence-corrected chi connectivity index (χ4v) is 4.27. The van der Waals surface area contributed by atoms with Crippen molar-refractivity contribution in [2.75, 3.05) is 26.7 Å². The van der Waals surface area contributed by atoms with Gasteiger partial charge in [-0.25, -0.2) is 0 Å². The molecular formula is C19H28BrClN2O. The number of hydrogen-bond acceptors (Lipinski definition) is 2. The van der Waals surface area contributed by atoms with Crippen LogP contribution in [0.15, 0.2) is 28.7 Å². The fraction of sp³-hybridized carbons (Fsp3) is 0.632. The number of hydrogen-bond donors (Lipinski definition) is 1. The molecule has 0 radical (unpaired) electrons. The third-order valence-electron chi connectivity index (χ3n) is 5.72. The molecule has 1 aromatic carbocycles. The summed E-state index contributed by atoms with van der Waals surface area (Å²) >= 11 is 3.49. The van der Waals surface area contributed by atoms with Crippen LogP contribution in [0.2, 0.25) is 0 Å². The number of likely N-dealkylation sites (tertiary alicyclic amines) is 1. The summed E-state index contributed by atoms with van der Waals surface area (Å²) in [5, 5.41) is 3.23. The molecule has 1 heterocycles. The van der Waals surface area contributed by atoms with Crippen LogP contribution in [0.1, 0.15) is 44.1 Å². The van der Waals surface area contributed by atoms with Crippen molar-refractivity contribution in [2.24, 2.45) is 5.92 Å². The molecule has 2 aliphatic rings. The SMILES string of the molecule is CNCCC1CCN(C(=O)C2(c3ccc(Br)cc3)CCC2)CC1.Cl. The third kappa shape index (κ3) is 3.97. The van der Waals surface area contributed by atoms with Crippen molar-refractivity contribution in [3.05, 3.63) is 34.3 Å². The third-order valence-corrected chi connectivity index (χ3v) is 6.25. The molecule has 1 saturated carbocycles. The molecule has 0 unspecified atom stereocenters. The highest BCUT2D eigenvalue weighted by Crippen LogP contribution is 2.46. The predicted octanol–water partition coefficient (Wildman–Crippen LogP) is 4.14. The number of piperidine rings is 1. The first-order valence-corrected chi connectivity index (χ1v) is 9.65. The van der Waals surface area contributed by atoms with Crippen molar-refractivity contribution >= 4 is 34.2 Å². The lowest BCUT2D eigenvalue weighted by Crippen LogP contribution is -2.53. The predicted molar refractivity (Wildman–Crippen MR) is 105 cm³/mol. The summed E-state index contributed by atoms with van der Waals surface area (Å²) in [6.45, 7) is 2.96. The standard InChI is InChI=1S/C19H27BrN2O.ClH/c1-21-12-7-15-8-13-22(14-9-15)18(23)19(10-2-11-19)16-3-5-17(20)6-4-16;/h3-6,15,21H,2,7-14H2,1H3;1H. The summed E-state index contributed by atoms with van der Waals surface area (Å²) in [6, 6.07) is 8.38. The van der Waals surface area contributed by atoms with E-state index < -0.39 is 0 Å². The van der Waals surface area contributed by atoms with E-state index in [0.29, 0.717) is 5.91 Å². The van der Waals surface area contributed by atoms with Gasteiger partial charge in [0.15, 0.2) is 0 Å². The van der Waals surface area contributed by atoms with E-state index in [0.717, 1.165) is 55.7 Å². The molecule has 1 aliphatic heterocycles. The second-order valence-corrected chi connectivity index (χ2v) is 7.99. The highest BCUT2D eigenvalue weighted by molar-refractivity contribution is 9.10. The maximum atomic E-state index is 13.2. The van der Waals surface area contributed by atoms with Crippen LogP contribution < -0.4 is 5.32 Å². The zero-order valence-corrected chi connectivity index (χ0v) is 16.8. The van der Waals surface area contributed by atoms with Crippen LogP contribution in [0.25, 0.3) is 0 Å². The average Bonchev–Trinajstić information content (AvgIpc) is 2.54. The van der Waals surface area contributed by atoms with Gasteiger partial charge >= 0.3 is 0 Å². The van der Waals surface area contributed by atoms with Gasteiger partial charge in [0.1, 0.15) is 0 Å². The summed E-state index contributed by atoms with van der Waals surface area (Å²) in [4.78, 5) is 15.3. The Kier molecular flexibility index (Phi) is 7.14. The van der Waals surface area contributed by atoms with E-state index in [1.807, 2.05) is 7.05 Å². The van der Waals surface area contributed by atoms with Gasteiger partial charge in [-0.2, -0.15) is 0 Å². The van der Waals surface area contributed by atoms with E-state index >= 15 is 0 Å². The number of nitrogens with zero attached hydrogens (tertiary/aromatic N) is 1. The van der Waals surface area contributed by atoms with Crippen LogP contribution in [-0.2, 0) is 10.2 Å². The normalized spacial score (nSPS) is 20.2.